The van der Waals surface area contributed by atoms with Crippen molar-refractivity contribution < 1.29 is 0 Å². The molecule has 0 aliphatic rings. The van der Waals surface area contributed by atoms with E-state index in [0.29, 0.717) is 16.1 Å². The van der Waals surface area contributed by atoms with E-state index in [1.165, 1.54) is 0 Å². The van der Waals surface area contributed by atoms with E-state index in [1.807, 2.05) is 55.5 Å². The number of nitrogens with one attached hydrogen (secondary N) is 3. The first-order chi connectivity index (χ1) is 12.1. The second-order valence-corrected chi connectivity index (χ2v) is 6.13. The molecule has 3 N–H and O–H groups in total. The van der Waals surface area contributed by atoms with E-state index in [1.54, 1.807) is 12.1 Å². The van der Waals surface area contributed by atoms with Gasteiger partial charge in [0.2, 0.25) is 0 Å². The molecule has 126 valence electrons. The molecule has 0 saturated heterocycles. The molecule has 0 spiro atoms. The number of anilines is 4. The summed E-state index contributed by atoms with van der Waals surface area (Å²) in [6.45, 7) is 2.03. The molecule has 5 nitrogen and oxygen atoms in total. The standard InChI is InChI=1S/C18H16ClN5S/c1-12-4-2-3-5-15(12)22-18(25)21-14-8-6-13(7-9-14)20-17-11-10-16(19)23-24-17/h2-11H,1H3,(H,20,24)(H2,21,22,25). The van der Waals surface area contributed by atoms with Gasteiger partial charge in [-0.2, -0.15) is 0 Å². The number of nitrogens with zero attached hydrogens (tertiary/aromatic N) is 2. The van der Waals surface area contributed by atoms with E-state index in [0.717, 1.165) is 22.6 Å². The number of para-hydroxylation sites is 1. The summed E-state index contributed by atoms with van der Waals surface area (Å²) >= 11 is 11.1. The van der Waals surface area contributed by atoms with Gasteiger partial charge in [-0.25, -0.2) is 0 Å². The van der Waals surface area contributed by atoms with Gasteiger partial charge in [-0.05, 0) is 67.2 Å². The maximum atomic E-state index is 5.72. The van der Waals surface area contributed by atoms with Crippen molar-refractivity contribution >= 4 is 51.8 Å². The number of benzene rings is 2. The van der Waals surface area contributed by atoms with Crippen LogP contribution in [-0.2, 0) is 0 Å². The molecule has 3 rings (SSSR count). The van der Waals surface area contributed by atoms with Crippen molar-refractivity contribution in [3.63, 3.8) is 0 Å². The second-order valence-electron chi connectivity index (χ2n) is 5.34. The highest BCUT2D eigenvalue weighted by atomic mass is 35.5. The molecule has 0 unspecified atom stereocenters. The minimum Gasteiger partial charge on any atom is -0.339 e. The molecule has 0 aliphatic heterocycles. The van der Waals surface area contributed by atoms with Crippen LogP contribution in [0.3, 0.4) is 0 Å². The van der Waals surface area contributed by atoms with Gasteiger partial charge in [-0.15, -0.1) is 10.2 Å². The predicted octanol–water partition coefficient (Wildman–Crippen LogP) is 4.99. The van der Waals surface area contributed by atoms with Gasteiger partial charge in [0.15, 0.2) is 16.1 Å². The molecule has 25 heavy (non-hydrogen) atoms. The Labute approximate surface area is 156 Å². The highest BCUT2D eigenvalue weighted by molar-refractivity contribution is 7.80. The smallest absolute Gasteiger partial charge is 0.175 e. The first kappa shape index (κ1) is 17.1. The van der Waals surface area contributed by atoms with Crippen LogP contribution in [0.25, 0.3) is 0 Å². The van der Waals surface area contributed by atoms with Crippen molar-refractivity contribution in [2.75, 3.05) is 16.0 Å². The van der Waals surface area contributed by atoms with Crippen molar-refractivity contribution in [3.8, 4) is 0 Å². The van der Waals surface area contributed by atoms with Gasteiger partial charge >= 0.3 is 0 Å². The minimum absolute atomic E-state index is 0.361. The van der Waals surface area contributed by atoms with Crippen molar-refractivity contribution in [1.82, 2.24) is 10.2 Å². The highest BCUT2D eigenvalue weighted by Gasteiger charge is 2.02. The SMILES string of the molecule is Cc1ccccc1NC(=S)Nc1ccc(Nc2ccc(Cl)nn2)cc1. The van der Waals surface area contributed by atoms with Crippen LogP contribution in [0.15, 0.2) is 60.7 Å². The Hall–Kier alpha value is -2.70. The minimum atomic E-state index is 0.361. The van der Waals surface area contributed by atoms with Gasteiger partial charge in [0.25, 0.3) is 0 Å². The fourth-order valence-electron chi connectivity index (χ4n) is 2.17. The molecule has 0 bridgehead atoms. The van der Waals surface area contributed by atoms with Crippen LogP contribution in [-0.4, -0.2) is 15.3 Å². The summed E-state index contributed by atoms with van der Waals surface area (Å²) in [5, 5.41) is 18.2. The van der Waals surface area contributed by atoms with Crippen LogP contribution in [0.5, 0.6) is 0 Å². The molecule has 2 aromatic carbocycles. The third-order valence-electron chi connectivity index (χ3n) is 3.44. The van der Waals surface area contributed by atoms with Crippen LogP contribution in [0, 0.1) is 6.92 Å². The van der Waals surface area contributed by atoms with E-state index < -0.39 is 0 Å². The van der Waals surface area contributed by atoms with Gasteiger partial charge in [-0.1, -0.05) is 29.8 Å². The van der Waals surface area contributed by atoms with E-state index in [4.69, 9.17) is 23.8 Å². The summed E-state index contributed by atoms with van der Waals surface area (Å²) in [6, 6.07) is 19.1. The Morgan fingerprint density at radius 1 is 0.880 bits per heavy atom. The van der Waals surface area contributed by atoms with Gasteiger partial charge < -0.3 is 16.0 Å². The molecule has 0 fully saturated rings. The summed E-state index contributed by atoms with van der Waals surface area (Å²) < 4.78 is 0. The van der Waals surface area contributed by atoms with Crippen LogP contribution in [0.2, 0.25) is 5.15 Å². The number of aryl methyl sites for hydroxylation is 1. The lowest BCUT2D eigenvalue weighted by Crippen LogP contribution is -2.19. The second kappa shape index (κ2) is 7.92. The summed E-state index contributed by atoms with van der Waals surface area (Å²) in [4.78, 5) is 0. The zero-order chi connectivity index (χ0) is 17.6. The molecular formula is C18H16ClN5S. The fraction of sp³-hybridized carbons (Fsp3) is 0.0556. The molecule has 0 saturated carbocycles. The molecular weight excluding hydrogens is 354 g/mol. The van der Waals surface area contributed by atoms with Crippen molar-refractivity contribution in [3.05, 3.63) is 71.4 Å². The van der Waals surface area contributed by atoms with Crippen LogP contribution in [0.1, 0.15) is 5.56 Å². The van der Waals surface area contributed by atoms with Gasteiger partial charge in [0, 0.05) is 17.1 Å². The fourth-order valence-corrected chi connectivity index (χ4v) is 2.49. The van der Waals surface area contributed by atoms with Crippen LogP contribution < -0.4 is 16.0 Å². The summed E-state index contributed by atoms with van der Waals surface area (Å²) in [7, 11) is 0. The van der Waals surface area contributed by atoms with Crippen molar-refractivity contribution in [2.24, 2.45) is 0 Å². The Morgan fingerprint density at radius 2 is 1.60 bits per heavy atom. The first-order valence-corrected chi connectivity index (χ1v) is 8.39. The van der Waals surface area contributed by atoms with Crippen LogP contribution in [0.4, 0.5) is 22.9 Å². The molecule has 1 aromatic heterocycles. The van der Waals surface area contributed by atoms with Crippen molar-refractivity contribution in [1.29, 1.82) is 0 Å². The largest absolute Gasteiger partial charge is 0.339 e. The summed E-state index contributed by atoms with van der Waals surface area (Å²) in [5.74, 6) is 0.627. The Kier molecular flexibility index (Phi) is 5.42. The third kappa shape index (κ3) is 4.89. The van der Waals surface area contributed by atoms with Crippen LogP contribution >= 0.6 is 23.8 Å². The number of hydrogen-bond donors (Lipinski definition) is 3. The number of aromatic nitrogens is 2. The van der Waals surface area contributed by atoms with Gasteiger partial charge in [0.05, 0.1) is 0 Å². The monoisotopic (exact) mass is 369 g/mol. The normalized spacial score (nSPS) is 10.2. The Morgan fingerprint density at radius 3 is 2.28 bits per heavy atom. The molecule has 1 heterocycles. The highest BCUT2D eigenvalue weighted by Crippen LogP contribution is 2.19. The number of hydrogen-bond acceptors (Lipinski definition) is 4. The average Bonchev–Trinajstić information content (AvgIpc) is 2.61. The maximum Gasteiger partial charge on any atom is 0.175 e. The maximum absolute atomic E-state index is 5.72. The lowest BCUT2D eigenvalue weighted by molar-refractivity contribution is 1.04. The Bertz CT molecular complexity index is 865. The quantitative estimate of drug-likeness (QED) is 0.563. The molecule has 0 radical (unpaired) electrons. The zero-order valence-electron chi connectivity index (χ0n) is 13.5. The first-order valence-electron chi connectivity index (χ1n) is 7.60. The van der Waals surface area contributed by atoms with Gasteiger partial charge in [0.1, 0.15) is 0 Å². The number of halogens is 1. The lowest BCUT2D eigenvalue weighted by atomic mass is 10.2. The van der Waals surface area contributed by atoms with Crippen molar-refractivity contribution in [2.45, 2.75) is 6.92 Å². The molecule has 0 amide bonds. The summed E-state index contributed by atoms with van der Waals surface area (Å²) in [6.07, 6.45) is 0. The topological polar surface area (TPSA) is 61.9 Å². The lowest BCUT2D eigenvalue weighted by Gasteiger charge is -2.13. The Balaban J connectivity index is 1.59. The van der Waals surface area contributed by atoms with E-state index in [9.17, 15) is 0 Å². The average molecular weight is 370 g/mol. The molecule has 0 atom stereocenters. The van der Waals surface area contributed by atoms with E-state index >= 15 is 0 Å². The predicted molar refractivity (Wildman–Crippen MR) is 108 cm³/mol. The van der Waals surface area contributed by atoms with Gasteiger partial charge in [-0.3, -0.25) is 0 Å². The molecule has 0 aliphatic carbocycles. The van der Waals surface area contributed by atoms with E-state index in [-0.39, 0.29) is 0 Å². The molecule has 7 heteroatoms. The number of thiocarbonyl (C=S) groups is 1. The van der Waals surface area contributed by atoms with E-state index in [2.05, 4.69) is 26.1 Å². The molecule has 3 aromatic rings. The summed E-state index contributed by atoms with van der Waals surface area (Å²) in [5.41, 5.74) is 3.90. The number of rotatable bonds is 4. The third-order valence-corrected chi connectivity index (χ3v) is 3.85. The zero-order valence-corrected chi connectivity index (χ0v) is 15.0.